The van der Waals surface area contributed by atoms with Gasteiger partial charge in [-0.2, -0.15) is 0 Å². The maximum Gasteiger partial charge on any atom is 0.332 e. The van der Waals surface area contributed by atoms with Gasteiger partial charge in [0.1, 0.15) is 0 Å². The highest BCUT2D eigenvalue weighted by Crippen LogP contribution is 2.19. The fourth-order valence-electron chi connectivity index (χ4n) is 1.78. The Morgan fingerprint density at radius 2 is 1.88 bits per heavy atom. The van der Waals surface area contributed by atoms with Gasteiger partial charge in [-0.25, -0.2) is 14.5 Å². The van der Waals surface area contributed by atoms with E-state index in [2.05, 4.69) is 0 Å². The predicted octanol–water partition coefficient (Wildman–Crippen LogP) is 1.40. The molecule has 84 valence electrons. The average Bonchev–Trinajstić information content (AvgIpc) is 2.30. The molecule has 1 aliphatic heterocycles. The van der Waals surface area contributed by atoms with Crippen molar-refractivity contribution in [3.63, 3.8) is 0 Å². The third kappa shape index (κ3) is 1.84. The largest absolute Gasteiger partial charge is 0.351 e. The molecule has 5 nitrogen and oxygen atoms in total. The molecule has 1 aromatic carbocycles. The van der Waals surface area contributed by atoms with Gasteiger partial charge >= 0.3 is 12.1 Å². The van der Waals surface area contributed by atoms with E-state index < -0.39 is 6.03 Å². The molecule has 2 rings (SSSR count). The van der Waals surface area contributed by atoms with Gasteiger partial charge < -0.3 is 5.73 Å². The summed E-state index contributed by atoms with van der Waals surface area (Å²) in [6.45, 7) is 1.02. The monoisotopic (exact) mass is 219 g/mol. The highest BCUT2D eigenvalue weighted by molar-refractivity contribution is 6.02. The van der Waals surface area contributed by atoms with Crippen molar-refractivity contribution in [2.24, 2.45) is 5.73 Å². The number of urea groups is 2. The lowest BCUT2D eigenvalue weighted by molar-refractivity contribution is 0.189. The lowest BCUT2D eigenvalue weighted by atomic mass is 10.2. The van der Waals surface area contributed by atoms with Gasteiger partial charge in [0.25, 0.3) is 0 Å². The minimum absolute atomic E-state index is 0.343. The standard InChI is InChI=1S/C11H13N3O2/c12-10(15)14-8-4-7-13(11(14)16)9-5-2-1-3-6-9/h1-3,5-6H,4,7-8H2,(H2,12,15). The summed E-state index contributed by atoms with van der Waals surface area (Å²) in [5.41, 5.74) is 5.93. The molecular formula is C11H13N3O2. The number of carbonyl (C=O) groups is 2. The first kappa shape index (κ1) is 10.5. The van der Waals surface area contributed by atoms with E-state index in [1.54, 1.807) is 4.90 Å². The fraction of sp³-hybridized carbons (Fsp3) is 0.273. The fourth-order valence-corrected chi connectivity index (χ4v) is 1.78. The van der Waals surface area contributed by atoms with Crippen LogP contribution in [0.3, 0.4) is 0 Å². The topological polar surface area (TPSA) is 66.6 Å². The summed E-state index contributed by atoms with van der Waals surface area (Å²) >= 11 is 0. The van der Waals surface area contributed by atoms with E-state index in [9.17, 15) is 9.59 Å². The van der Waals surface area contributed by atoms with Crippen LogP contribution in [0.1, 0.15) is 6.42 Å². The van der Waals surface area contributed by atoms with E-state index in [4.69, 9.17) is 5.73 Å². The normalized spacial score (nSPS) is 16.4. The Morgan fingerprint density at radius 3 is 2.50 bits per heavy atom. The first-order chi connectivity index (χ1) is 7.70. The summed E-state index contributed by atoms with van der Waals surface area (Å²) in [5.74, 6) is 0. The highest BCUT2D eigenvalue weighted by Gasteiger charge is 2.29. The van der Waals surface area contributed by atoms with E-state index in [1.165, 1.54) is 0 Å². The number of hydrogen-bond donors (Lipinski definition) is 1. The quantitative estimate of drug-likeness (QED) is 0.775. The number of nitrogens with zero attached hydrogens (tertiary/aromatic N) is 2. The third-order valence-electron chi connectivity index (χ3n) is 2.56. The predicted molar refractivity (Wildman–Crippen MR) is 60.1 cm³/mol. The average molecular weight is 219 g/mol. The minimum atomic E-state index is -0.689. The number of benzene rings is 1. The maximum atomic E-state index is 11.9. The molecule has 1 aromatic rings. The number of imide groups is 1. The van der Waals surface area contributed by atoms with Crippen molar-refractivity contribution in [2.75, 3.05) is 18.0 Å². The minimum Gasteiger partial charge on any atom is -0.351 e. The molecule has 4 amide bonds. The molecule has 1 heterocycles. The molecule has 0 radical (unpaired) electrons. The number of carbonyl (C=O) groups excluding carboxylic acids is 2. The molecule has 0 saturated carbocycles. The van der Waals surface area contributed by atoms with E-state index >= 15 is 0 Å². The number of primary amides is 1. The lowest BCUT2D eigenvalue weighted by Crippen LogP contribution is -2.53. The summed E-state index contributed by atoms with van der Waals surface area (Å²) in [7, 11) is 0. The molecule has 1 fully saturated rings. The van der Waals surface area contributed by atoms with Gasteiger partial charge in [0, 0.05) is 18.8 Å². The number of anilines is 1. The van der Waals surface area contributed by atoms with Crippen molar-refractivity contribution in [3.05, 3.63) is 30.3 Å². The first-order valence-corrected chi connectivity index (χ1v) is 5.13. The summed E-state index contributed by atoms with van der Waals surface area (Å²) in [5, 5.41) is 0. The Labute approximate surface area is 93.4 Å². The Hall–Kier alpha value is -2.04. The molecule has 16 heavy (non-hydrogen) atoms. The van der Waals surface area contributed by atoms with E-state index in [0.717, 1.165) is 17.0 Å². The Kier molecular flexibility index (Phi) is 2.76. The zero-order valence-electron chi connectivity index (χ0n) is 8.80. The van der Waals surface area contributed by atoms with Crippen molar-refractivity contribution >= 4 is 17.7 Å². The molecule has 2 N–H and O–H groups in total. The number of rotatable bonds is 1. The third-order valence-corrected chi connectivity index (χ3v) is 2.56. The van der Waals surface area contributed by atoms with Gasteiger partial charge in [-0.1, -0.05) is 18.2 Å². The second-order valence-electron chi connectivity index (χ2n) is 3.61. The number of hydrogen-bond acceptors (Lipinski definition) is 2. The maximum absolute atomic E-state index is 11.9. The van der Waals surface area contributed by atoms with Crippen LogP contribution in [0.15, 0.2) is 30.3 Å². The van der Waals surface area contributed by atoms with E-state index in [1.807, 2.05) is 30.3 Å². The van der Waals surface area contributed by atoms with Crippen molar-refractivity contribution in [1.82, 2.24) is 4.90 Å². The molecule has 0 aliphatic carbocycles. The molecule has 0 atom stereocenters. The lowest BCUT2D eigenvalue weighted by Gasteiger charge is -2.33. The molecule has 0 spiro atoms. The number of amides is 4. The second kappa shape index (κ2) is 4.22. The molecule has 1 saturated heterocycles. The van der Waals surface area contributed by atoms with Gasteiger partial charge in [0.2, 0.25) is 0 Å². The Balaban J connectivity index is 2.23. The highest BCUT2D eigenvalue weighted by atomic mass is 16.2. The van der Waals surface area contributed by atoms with Gasteiger partial charge in [0.15, 0.2) is 0 Å². The van der Waals surface area contributed by atoms with Gasteiger partial charge in [-0.3, -0.25) is 4.90 Å². The molecule has 1 aliphatic rings. The second-order valence-corrected chi connectivity index (χ2v) is 3.61. The van der Waals surface area contributed by atoms with E-state index in [-0.39, 0.29) is 6.03 Å². The molecular weight excluding hydrogens is 206 g/mol. The van der Waals surface area contributed by atoms with Crippen LogP contribution in [-0.2, 0) is 0 Å². The van der Waals surface area contributed by atoms with Crippen molar-refractivity contribution < 1.29 is 9.59 Å². The summed E-state index contributed by atoms with van der Waals surface area (Å²) in [6.07, 6.45) is 0.740. The van der Waals surface area contributed by atoms with Crippen LogP contribution in [0, 0.1) is 0 Å². The van der Waals surface area contributed by atoms with Crippen LogP contribution in [0.25, 0.3) is 0 Å². The number of nitrogens with two attached hydrogens (primary N) is 1. The van der Waals surface area contributed by atoms with Gasteiger partial charge in [-0.05, 0) is 18.6 Å². The van der Waals surface area contributed by atoms with Crippen LogP contribution in [-0.4, -0.2) is 30.1 Å². The number of para-hydroxylation sites is 1. The smallest absolute Gasteiger partial charge is 0.332 e. The van der Waals surface area contributed by atoms with Crippen LogP contribution in [0.4, 0.5) is 15.3 Å². The van der Waals surface area contributed by atoms with Crippen LogP contribution >= 0.6 is 0 Å². The Morgan fingerprint density at radius 1 is 1.19 bits per heavy atom. The molecule has 0 aromatic heterocycles. The zero-order chi connectivity index (χ0) is 11.5. The zero-order valence-corrected chi connectivity index (χ0v) is 8.80. The van der Waals surface area contributed by atoms with Crippen LogP contribution in [0.2, 0.25) is 0 Å². The van der Waals surface area contributed by atoms with Crippen LogP contribution in [0.5, 0.6) is 0 Å². The first-order valence-electron chi connectivity index (χ1n) is 5.13. The van der Waals surface area contributed by atoms with Gasteiger partial charge in [-0.15, -0.1) is 0 Å². The summed E-state index contributed by atoms with van der Waals surface area (Å²) in [6, 6.07) is 8.22. The van der Waals surface area contributed by atoms with E-state index in [0.29, 0.717) is 13.1 Å². The van der Waals surface area contributed by atoms with Crippen molar-refractivity contribution in [2.45, 2.75) is 6.42 Å². The SMILES string of the molecule is NC(=O)N1CCCN(c2ccccc2)C1=O. The van der Waals surface area contributed by atoms with Crippen molar-refractivity contribution in [3.8, 4) is 0 Å². The van der Waals surface area contributed by atoms with Gasteiger partial charge in [0.05, 0.1) is 0 Å². The molecule has 0 unspecified atom stereocenters. The Bertz CT molecular complexity index is 405. The van der Waals surface area contributed by atoms with Crippen LogP contribution < -0.4 is 10.6 Å². The summed E-state index contributed by atoms with van der Waals surface area (Å²) < 4.78 is 0. The van der Waals surface area contributed by atoms with Crippen molar-refractivity contribution in [1.29, 1.82) is 0 Å². The molecule has 5 heteroatoms. The molecule has 0 bridgehead atoms. The summed E-state index contributed by atoms with van der Waals surface area (Å²) in [4.78, 5) is 25.6.